The highest BCUT2D eigenvalue weighted by molar-refractivity contribution is 5.78. The molecule has 2 aromatic carbocycles. The first-order valence-corrected chi connectivity index (χ1v) is 13.4. The molecule has 3 aromatic rings. The van der Waals surface area contributed by atoms with Crippen molar-refractivity contribution in [2.45, 2.75) is 50.3 Å². The molecule has 0 radical (unpaired) electrons. The zero-order valence-corrected chi connectivity index (χ0v) is 24.1. The number of methoxy groups -OCH3 is 1. The van der Waals surface area contributed by atoms with Gasteiger partial charge in [0.1, 0.15) is 11.6 Å². The fraction of sp³-hybridized carbons (Fsp3) is 0.367. The van der Waals surface area contributed by atoms with E-state index in [1.807, 2.05) is 13.8 Å². The summed E-state index contributed by atoms with van der Waals surface area (Å²) in [7, 11) is 4.74. The molecular weight excluding hydrogens is 597 g/mol. The minimum Gasteiger partial charge on any atom is -0.496 e. The van der Waals surface area contributed by atoms with Crippen molar-refractivity contribution in [1.29, 1.82) is 0 Å². The van der Waals surface area contributed by atoms with E-state index < -0.39 is 59.1 Å². The van der Waals surface area contributed by atoms with E-state index in [4.69, 9.17) is 9.47 Å². The Balaban J connectivity index is 1.62. The summed E-state index contributed by atoms with van der Waals surface area (Å²) in [5, 5.41) is 0. The first-order valence-electron chi connectivity index (χ1n) is 13.4. The van der Waals surface area contributed by atoms with E-state index in [0.717, 1.165) is 0 Å². The first-order chi connectivity index (χ1) is 20.5. The van der Waals surface area contributed by atoms with Crippen LogP contribution in [0.4, 0.5) is 41.5 Å². The first kappa shape index (κ1) is 31.1. The van der Waals surface area contributed by atoms with Crippen LogP contribution >= 0.6 is 0 Å². The monoisotopic (exact) mass is 624 g/mol. The van der Waals surface area contributed by atoms with E-state index in [9.17, 15) is 35.5 Å². The van der Waals surface area contributed by atoms with Crippen LogP contribution in [0, 0.1) is 5.82 Å². The molecule has 3 atom stereocenters. The molecule has 0 unspecified atom stereocenters. The molecule has 1 saturated heterocycles. The summed E-state index contributed by atoms with van der Waals surface area (Å²) in [6, 6.07) is 1.93. The number of anilines is 1. The van der Waals surface area contributed by atoms with Crippen molar-refractivity contribution >= 4 is 12.0 Å². The van der Waals surface area contributed by atoms with Crippen LogP contribution in [0.1, 0.15) is 59.9 Å². The van der Waals surface area contributed by atoms with Crippen molar-refractivity contribution in [3.8, 4) is 16.9 Å². The molecule has 0 bridgehead atoms. The van der Waals surface area contributed by atoms with Gasteiger partial charge in [-0.25, -0.2) is 19.2 Å². The van der Waals surface area contributed by atoms with Gasteiger partial charge in [-0.2, -0.15) is 26.3 Å². The third kappa shape index (κ3) is 5.52. The van der Waals surface area contributed by atoms with Gasteiger partial charge in [-0.1, -0.05) is 26.0 Å². The molecule has 3 heterocycles. The van der Waals surface area contributed by atoms with Gasteiger partial charge in [0, 0.05) is 37.5 Å². The Morgan fingerprint density at radius 2 is 1.59 bits per heavy atom. The van der Waals surface area contributed by atoms with Crippen LogP contribution in [-0.2, 0) is 17.1 Å². The average Bonchev–Trinajstić information content (AvgIpc) is 3.52. The Hall–Kier alpha value is -4.36. The molecule has 2 aliphatic heterocycles. The lowest BCUT2D eigenvalue weighted by molar-refractivity contribution is -0.143. The van der Waals surface area contributed by atoms with Crippen molar-refractivity contribution in [3.05, 3.63) is 82.4 Å². The number of cyclic esters (lactones) is 1. The minimum atomic E-state index is -5.08. The predicted octanol–water partition coefficient (Wildman–Crippen LogP) is 7.69. The van der Waals surface area contributed by atoms with Gasteiger partial charge in [-0.15, -0.1) is 0 Å². The van der Waals surface area contributed by atoms with E-state index in [2.05, 4.69) is 9.97 Å². The number of hydrogen-bond acceptors (Lipinski definition) is 6. The van der Waals surface area contributed by atoms with E-state index in [-0.39, 0.29) is 29.4 Å². The third-order valence-electron chi connectivity index (χ3n) is 7.52. The quantitative estimate of drug-likeness (QED) is 0.207. The molecule has 1 fully saturated rings. The SMILES string of the molecule is COc1cc(F)c(C(C)C)cc1-c1cnc(N(C)C)nc1[C@@H]1C=C[C@H]2[C@@H](c3cc(C(F)(F)F)cc(C(F)(F)F)c3)OC(=O)N12. The molecule has 2 aliphatic rings. The standard InChI is InChI=1S/C30H27F7N4O3/c1-14(2)18-11-19(24(43-5)12-21(18)31)20-13-38-27(40(3)4)39-25(20)22-6-7-23-26(44-28(42)41(22)23)15-8-16(29(32,33)34)10-17(9-15)30(35,36)37/h6-14,22-23,26H,1-5H3/t22-,23-,26+/m0/s1. The number of carbonyl (C=O) groups is 1. The Labute approximate surface area is 247 Å². The molecule has 0 spiro atoms. The second-order valence-electron chi connectivity index (χ2n) is 11.0. The van der Waals surface area contributed by atoms with Gasteiger partial charge < -0.3 is 14.4 Å². The fourth-order valence-electron chi connectivity index (χ4n) is 5.37. The van der Waals surface area contributed by atoms with Crippen molar-refractivity contribution in [2.75, 3.05) is 26.1 Å². The largest absolute Gasteiger partial charge is 0.496 e. The number of rotatable bonds is 6. The lowest BCUT2D eigenvalue weighted by Gasteiger charge is -2.26. The van der Waals surface area contributed by atoms with E-state index in [0.29, 0.717) is 28.8 Å². The summed E-state index contributed by atoms with van der Waals surface area (Å²) in [4.78, 5) is 25.1. The molecule has 1 amide bonds. The second kappa shape index (κ2) is 11.0. The highest BCUT2D eigenvalue weighted by Gasteiger charge is 2.50. The van der Waals surface area contributed by atoms with Gasteiger partial charge >= 0.3 is 18.4 Å². The summed E-state index contributed by atoms with van der Waals surface area (Å²) in [6.45, 7) is 3.62. The van der Waals surface area contributed by atoms with Crippen LogP contribution < -0.4 is 9.64 Å². The molecule has 0 aliphatic carbocycles. The number of aromatic nitrogens is 2. The maximum Gasteiger partial charge on any atom is 0.416 e. The highest BCUT2D eigenvalue weighted by Crippen LogP contribution is 2.48. The molecular formula is C30H27F7N4O3. The number of fused-ring (bicyclic) bond motifs is 1. The molecule has 0 N–H and O–H groups in total. The molecule has 14 heteroatoms. The number of hydrogen-bond donors (Lipinski definition) is 0. The Kier molecular flexibility index (Phi) is 7.75. The number of alkyl halides is 6. The summed E-state index contributed by atoms with van der Waals surface area (Å²) < 4.78 is 107. The van der Waals surface area contributed by atoms with E-state index >= 15 is 0 Å². The summed E-state index contributed by atoms with van der Waals surface area (Å²) in [5.41, 5.74) is -2.06. The number of amides is 1. The van der Waals surface area contributed by atoms with Crippen LogP contribution in [-0.4, -0.2) is 48.2 Å². The number of benzene rings is 2. The zero-order chi connectivity index (χ0) is 32.3. The smallest absolute Gasteiger partial charge is 0.416 e. The molecule has 7 nitrogen and oxygen atoms in total. The van der Waals surface area contributed by atoms with E-state index in [1.165, 1.54) is 30.3 Å². The third-order valence-corrected chi connectivity index (χ3v) is 7.52. The molecule has 234 valence electrons. The molecule has 5 rings (SSSR count). The molecule has 1 aromatic heterocycles. The minimum absolute atomic E-state index is 0.0166. The van der Waals surface area contributed by atoms with E-state index in [1.54, 1.807) is 31.1 Å². The average molecular weight is 625 g/mol. The Morgan fingerprint density at radius 3 is 2.14 bits per heavy atom. The topological polar surface area (TPSA) is 67.8 Å². The number of halogens is 7. The summed E-state index contributed by atoms with van der Waals surface area (Å²) >= 11 is 0. The normalized spacial score (nSPS) is 19.9. The number of ether oxygens (including phenoxy) is 2. The van der Waals surface area contributed by atoms with Gasteiger partial charge in [-0.3, -0.25) is 4.90 Å². The fourth-order valence-corrected chi connectivity index (χ4v) is 5.37. The van der Waals surface area contributed by atoms with Crippen molar-refractivity contribution in [1.82, 2.24) is 14.9 Å². The number of nitrogens with zero attached hydrogens (tertiary/aromatic N) is 4. The highest BCUT2D eigenvalue weighted by atomic mass is 19.4. The zero-order valence-electron chi connectivity index (χ0n) is 24.1. The summed E-state index contributed by atoms with van der Waals surface area (Å²) in [5.74, 6) is -0.274. The lowest BCUT2D eigenvalue weighted by atomic mass is 9.94. The predicted molar refractivity (Wildman–Crippen MR) is 146 cm³/mol. The van der Waals surface area contributed by atoms with Crippen LogP contribution in [0.2, 0.25) is 0 Å². The van der Waals surface area contributed by atoms with Crippen LogP contribution in [0.3, 0.4) is 0 Å². The van der Waals surface area contributed by atoms with Crippen molar-refractivity contribution < 1.29 is 45.0 Å². The van der Waals surface area contributed by atoms with Gasteiger partial charge in [-0.05, 0) is 41.3 Å². The van der Waals surface area contributed by atoms with Crippen LogP contribution in [0.5, 0.6) is 5.75 Å². The van der Waals surface area contributed by atoms with Gasteiger partial charge in [0.2, 0.25) is 5.95 Å². The lowest BCUT2D eigenvalue weighted by Crippen LogP contribution is -2.32. The van der Waals surface area contributed by atoms with Gasteiger partial charge in [0.05, 0.1) is 36.0 Å². The van der Waals surface area contributed by atoms with Crippen molar-refractivity contribution in [3.63, 3.8) is 0 Å². The van der Waals surface area contributed by atoms with Gasteiger partial charge in [0.15, 0.2) is 6.10 Å². The van der Waals surface area contributed by atoms with Gasteiger partial charge in [0.25, 0.3) is 0 Å². The molecule has 0 saturated carbocycles. The van der Waals surface area contributed by atoms with Crippen LogP contribution in [0.25, 0.3) is 11.1 Å². The second-order valence-corrected chi connectivity index (χ2v) is 11.0. The molecule has 44 heavy (non-hydrogen) atoms. The maximum atomic E-state index is 14.9. The van der Waals surface area contributed by atoms with Crippen molar-refractivity contribution in [2.24, 2.45) is 0 Å². The van der Waals surface area contributed by atoms with Crippen LogP contribution in [0.15, 0.2) is 48.7 Å². The number of carbonyl (C=O) groups excluding carboxylic acids is 1. The maximum absolute atomic E-state index is 14.9. The summed E-state index contributed by atoms with van der Waals surface area (Å²) in [6.07, 6.45) is -8.05. The Bertz CT molecular complexity index is 1600. The Morgan fingerprint density at radius 1 is 0.955 bits per heavy atom.